The minimum atomic E-state index is -5.46. The van der Waals surface area contributed by atoms with Crippen molar-refractivity contribution >= 4 is 28.6 Å². The highest BCUT2D eigenvalue weighted by Crippen LogP contribution is 2.32. The van der Waals surface area contributed by atoms with Crippen molar-refractivity contribution in [2.45, 2.75) is 55.7 Å². The molecule has 4 aromatic carbocycles. The number of nitrogens with zero attached hydrogens (tertiary/aromatic N) is 3. The lowest BCUT2D eigenvalue weighted by atomic mass is 9.97. The molecule has 0 saturated carbocycles. The van der Waals surface area contributed by atoms with Crippen LogP contribution in [0.15, 0.2) is 100 Å². The quantitative estimate of drug-likeness (QED) is 0.0939. The third kappa shape index (κ3) is 9.00. The van der Waals surface area contributed by atoms with Crippen molar-refractivity contribution in [3.63, 3.8) is 0 Å². The molecule has 1 amide bonds. The average molecular weight is 774 g/mol. The summed E-state index contributed by atoms with van der Waals surface area (Å²) in [6.45, 7) is -11.8. The van der Waals surface area contributed by atoms with Gasteiger partial charge in [-0.1, -0.05) is 54.4 Å². The molecule has 1 aliphatic rings. The molecule has 1 saturated heterocycles. The monoisotopic (exact) mass is 773 g/mol. The number of alkyl halides is 3. The number of halogens is 5. The standard InChI is InChI=1S/C41H40F5N3O3S/c1-27-22-29(28-12-14-32(15-13-28)41(44,45)46)10-11-30(27)24-48(33-16-18-47(19-17-33)20-21-52-2)38(51)25-49-36-9-4-3-7-34(36)37(50)23-39(49)53-26-31-6-5-8-35(42)40(31)43/h3-15,22-23,33H,16-21,24-26H2,1-2H3/i3D,4D,5D,6D,7D,8D,9D,10D,11D,12D,13D,14D,15D,16D2,17D2,18D2,19D2,22D,23D,33D. The lowest BCUT2D eigenvalue weighted by Crippen LogP contribution is -2.48. The zero-order valence-electron chi connectivity index (χ0n) is 51.4. The summed E-state index contributed by atoms with van der Waals surface area (Å²) in [5, 5.41) is -1.96. The minimum Gasteiger partial charge on any atom is -0.383 e. The lowest BCUT2D eigenvalue weighted by molar-refractivity contribution is -0.137. The summed E-state index contributed by atoms with van der Waals surface area (Å²) in [6.07, 6.45) is -13.9. The number of benzene rings is 4. The number of hydrogen-bond acceptors (Lipinski definition) is 5. The predicted molar refractivity (Wildman–Crippen MR) is 198 cm³/mol. The van der Waals surface area contributed by atoms with Gasteiger partial charge < -0.3 is 19.1 Å². The highest BCUT2D eigenvalue weighted by Gasteiger charge is 2.31. The maximum Gasteiger partial charge on any atom is 0.416 e. The van der Waals surface area contributed by atoms with Gasteiger partial charge in [0.25, 0.3) is 0 Å². The van der Waals surface area contributed by atoms with E-state index >= 15 is 9.18 Å². The smallest absolute Gasteiger partial charge is 0.383 e. The Bertz CT molecular complexity index is 3280. The number of methoxy groups -OCH3 is 1. The van der Waals surface area contributed by atoms with Gasteiger partial charge in [0.2, 0.25) is 5.91 Å². The first-order chi connectivity index (χ1) is 35.1. The first-order valence-electron chi connectivity index (χ1n) is 27.1. The summed E-state index contributed by atoms with van der Waals surface area (Å²) in [5.41, 5.74) is -9.16. The molecule has 6 nitrogen and oxygen atoms in total. The molecule has 2 heterocycles. The van der Waals surface area contributed by atoms with Crippen molar-refractivity contribution in [1.82, 2.24) is 14.4 Å². The number of hydrogen-bond donors (Lipinski definition) is 0. The summed E-state index contributed by atoms with van der Waals surface area (Å²) in [7, 11) is 1.07. The second kappa shape index (κ2) is 16.7. The number of rotatable bonds is 12. The van der Waals surface area contributed by atoms with Crippen LogP contribution in [0.3, 0.4) is 0 Å². The number of likely N-dealkylation sites (tertiary alicyclic amines) is 1. The minimum absolute atomic E-state index is 0.0194. The van der Waals surface area contributed by atoms with Crippen molar-refractivity contribution in [3.8, 4) is 11.1 Å². The Hall–Kier alpha value is -4.52. The summed E-state index contributed by atoms with van der Waals surface area (Å²) in [6, 6.07) is -23.5. The molecule has 0 radical (unpaired) electrons. The third-order valence-corrected chi connectivity index (χ3v) is 8.44. The van der Waals surface area contributed by atoms with Crippen molar-refractivity contribution in [3.05, 3.63) is 135 Å². The Labute approximate surface area is 342 Å². The number of thioether (sulfide) groups is 1. The Morgan fingerprint density at radius 2 is 1.70 bits per heavy atom. The molecule has 278 valence electrons. The second-order valence-corrected chi connectivity index (χ2v) is 11.9. The van der Waals surface area contributed by atoms with Crippen LogP contribution in [0.4, 0.5) is 22.0 Å². The van der Waals surface area contributed by atoms with Gasteiger partial charge in [0.1, 0.15) is 6.54 Å². The zero-order chi connectivity index (χ0) is 58.8. The molecular weight excluding hydrogens is 710 g/mol. The average Bonchev–Trinajstić information content (AvgIpc) is 3.34. The van der Waals surface area contributed by atoms with E-state index in [0.717, 1.165) is 14.0 Å². The largest absolute Gasteiger partial charge is 0.416 e. The number of ether oxygens (including phenoxy) is 1. The fourth-order valence-corrected chi connectivity index (χ4v) is 5.65. The van der Waals surface area contributed by atoms with Crippen LogP contribution in [0.5, 0.6) is 0 Å². The van der Waals surface area contributed by atoms with Gasteiger partial charge in [0.15, 0.2) is 17.1 Å². The second-order valence-electron chi connectivity index (χ2n) is 10.9. The molecule has 1 fully saturated rings. The maximum absolute atomic E-state index is 15.6. The molecule has 53 heavy (non-hydrogen) atoms. The van der Waals surface area contributed by atoms with Gasteiger partial charge in [-0.2, -0.15) is 13.2 Å². The summed E-state index contributed by atoms with van der Waals surface area (Å²) < 4.78 is 288. The SMILES string of the molecule is [2H]c1c([2H])c(F)c(F)c(CSc2c([2H])c(=O)c3c([2H])c([2H])c([2H])c([2H])c3n2CC(=O)N(Cc2c([2H])c([2H])c(-c3c([2H])c([2H])c(C(F)(F)F)c([2H])c3[2H])c([2H])c2C)C2([2H])C([2H])([2H])C([2H])([2H])N(CCOC)C([2H])([2H])C2([2H])[2H])c1[2H]. The van der Waals surface area contributed by atoms with E-state index in [1.165, 1.54) is 0 Å². The first kappa shape index (κ1) is 18.2. The van der Waals surface area contributed by atoms with E-state index in [0.29, 0.717) is 4.57 Å². The predicted octanol–water partition coefficient (Wildman–Crippen LogP) is 8.71. The molecule has 12 heteroatoms. The number of carbonyl (C=O) groups is 1. The number of carbonyl (C=O) groups excluding carboxylic acids is 1. The van der Waals surface area contributed by atoms with Crippen LogP contribution in [-0.2, 0) is 34.6 Å². The molecule has 0 atom stereocenters. The van der Waals surface area contributed by atoms with Crippen molar-refractivity contribution < 1.29 is 64.4 Å². The van der Waals surface area contributed by atoms with Crippen molar-refractivity contribution in [2.75, 3.05) is 33.3 Å². The zero-order valence-corrected chi connectivity index (χ0v) is 28.2. The van der Waals surface area contributed by atoms with Gasteiger partial charge in [-0.3, -0.25) is 9.59 Å². The van der Waals surface area contributed by atoms with Crippen LogP contribution in [-0.4, -0.2) is 59.5 Å². The highest BCUT2D eigenvalue weighted by atomic mass is 32.2. The van der Waals surface area contributed by atoms with Gasteiger partial charge in [-0.25, -0.2) is 8.78 Å². The normalized spacial score (nSPS) is 25.0. The van der Waals surface area contributed by atoms with E-state index in [1.807, 2.05) is 0 Å². The van der Waals surface area contributed by atoms with Crippen molar-refractivity contribution in [2.24, 2.45) is 0 Å². The van der Waals surface area contributed by atoms with E-state index in [2.05, 4.69) is 0 Å². The molecule has 0 N–H and O–H groups in total. The topological polar surface area (TPSA) is 54.8 Å². The molecule has 0 aliphatic carbocycles. The molecular formula is C41H40F5N3O3S. The summed E-state index contributed by atoms with van der Waals surface area (Å²) in [5.74, 6) is -6.77. The van der Waals surface area contributed by atoms with Crippen LogP contribution in [0, 0.1) is 18.6 Å². The number of piperidine rings is 1. The van der Waals surface area contributed by atoms with E-state index in [9.17, 15) is 29.2 Å². The van der Waals surface area contributed by atoms with Gasteiger partial charge in [-0.15, -0.1) is 11.8 Å². The summed E-state index contributed by atoms with van der Waals surface area (Å²) >= 11 is 0.0940. The van der Waals surface area contributed by atoms with Crippen LogP contribution in [0.25, 0.3) is 22.0 Å². The summed E-state index contributed by atoms with van der Waals surface area (Å²) in [4.78, 5) is 29.4. The van der Waals surface area contributed by atoms with Crippen LogP contribution in [0.1, 0.15) is 67.9 Å². The van der Waals surface area contributed by atoms with Crippen LogP contribution in [0.2, 0.25) is 0 Å². The number of pyridine rings is 1. The van der Waals surface area contributed by atoms with Gasteiger partial charge in [-0.05, 0) is 72.1 Å². The van der Waals surface area contributed by atoms with Gasteiger partial charge in [0.05, 0.1) is 44.6 Å². The Balaban J connectivity index is 1.72. The van der Waals surface area contributed by atoms with Crippen LogP contribution >= 0.6 is 11.8 Å². The molecule has 1 aromatic heterocycles. The Morgan fingerprint density at radius 1 is 0.981 bits per heavy atom. The lowest BCUT2D eigenvalue weighted by Gasteiger charge is -2.39. The Morgan fingerprint density at radius 3 is 2.42 bits per heavy atom. The van der Waals surface area contributed by atoms with Crippen molar-refractivity contribution in [1.29, 1.82) is 0 Å². The fraction of sp³-hybridized carbons (Fsp3) is 0.317. The third-order valence-electron chi connectivity index (χ3n) is 7.41. The molecule has 0 spiro atoms. The molecule has 1 aliphatic heterocycles. The fourth-order valence-electron chi connectivity index (χ4n) is 4.70. The maximum atomic E-state index is 15.6. The van der Waals surface area contributed by atoms with E-state index in [-0.39, 0.29) is 21.6 Å². The van der Waals surface area contributed by atoms with E-state index < -0.39 is 233 Å². The number of fused-ring (bicyclic) bond motifs is 1. The molecule has 5 aromatic rings. The Kier molecular flexibility index (Phi) is 5.72. The highest BCUT2D eigenvalue weighted by molar-refractivity contribution is 7.98. The van der Waals surface area contributed by atoms with Gasteiger partial charge >= 0.3 is 6.18 Å². The van der Waals surface area contributed by atoms with E-state index in [1.54, 1.807) is 0 Å². The van der Waals surface area contributed by atoms with Gasteiger partial charge in [0, 0.05) is 72.9 Å². The first-order valence-corrected chi connectivity index (χ1v) is 16.1. The van der Waals surface area contributed by atoms with E-state index in [4.69, 9.17) is 30.8 Å². The number of aromatic nitrogens is 1. The molecule has 0 bridgehead atoms. The number of amides is 1. The number of para-hydroxylation sites is 1. The molecule has 0 unspecified atom stereocenters. The molecule has 6 rings (SSSR count). The van der Waals surface area contributed by atoms with Crippen LogP contribution < -0.4 is 5.43 Å².